The van der Waals surface area contributed by atoms with Gasteiger partial charge in [0.1, 0.15) is 0 Å². The molecule has 0 spiro atoms. The number of benzene rings is 2. The quantitative estimate of drug-likeness (QED) is 0.452. The van der Waals surface area contributed by atoms with Gasteiger partial charge in [-0.05, 0) is 36.8 Å². The Balaban J connectivity index is 1.63. The summed E-state index contributed by atoms with van der Waals surface area (Å²) in [7, 11) is 0. The number of anilines is 1. The molecule has 0 aliphatic rings. The van der Waals surface area contributed by atoms with E-state index in [9.17, 15) is 5.26 Å². The molecule has 138 valence electrons. The van der Waals surface area contributed by atoms with E-state index >= 15 is 0 Å². The Labute approximate surface area is 171 Å². The van der Waals surface area contributed by atoms with Crippen LogP contribution in [-0.2, 0) is 5.75 Å². The molecule has 2 aromatic carbocycles. The Morgan fingerprint density at radius 2 is 1.89 bits per heavy atom. The van der Waals surface area contributed by atoms with Gasteiger partial charge >= 0.3 is 0 Å². The number of aryl methyl sites for hydroxylation is 1. The summed E-state index contributed by atoms with van der Waals surface area (Å²) in [5, 5.41) is 13.5. The largest absolute Gasteiger partial charge is 0.355 e. The number of nitrogens with zero attached hydrogens (tertiary/aromatic N) is 2. The van der Waals surface area contributed by atoms with Crippen LogP contribution in [-0.4, -0.2) is 11.7 Å². The summed E-state index contributed by atoms with van der Waals surface area (Å²) in [5.74, 6) is 3.11. The fourth-order valence-corrected chi connectivity index (χ4v) is 3.69. The van der Waals surface area contributed by atoms with Crippen LogP contribution < -0.4 is 10.8 Å². The number of hydrogen-bond acceptors (Lipinski definition) is 4. The molecule has 1 aromatic heterocycles. The molecule has 1 N–H and O–H groups in total. The van der Waals surface area contributed by atoms with Gasteiger partial charge in [0.05, 0.1) is 5.03 Å². The molecule has 0 bridgehead atoms. The highest BCUT2D eigenvalue weighted by atomic mass is 32.2. The highest BCUT2D eigenvalue weighted by Gasteiger charge is 2.13. The van der Waals surface area contributed by atoms with Crippen LogP contribution in [0.25, 0.3) is 5.70 Å². The second-order valence-electron chi connectivity index (χ2n) is 6.69. The second-order valence-corrected chi connectivity index (χ2v) is 7.69. The molecule has 3 rings (SSSR count). The van der Waals surface area contributed by atoms with Crippen LogP contribution in [0.1, 0.15) is 16.7 Å². The molecule has 0 aliphatic carbocycles. The molecule has 28 heavy (non-hydrogen) atoms. The van der Waals surface area contributed by atoms with Crippen molar-refractivity contribution in [3.8, 4) is 5.97 Å². The minimum absolute atomic E-state index is 0.108. The van der Waals surface area contributed by atoms with Gasteiger partial charge in [0.15, 0.2) is 0 Å². The Bertz CT molecular complexity index is 992. The summed E-state index contributed by atoms with van der Waals surface area (Å²) < 4.78 is 0. The lowest BCUT2D eigenvalue weighted by molar-refractivity contribution is 1.12. The minimum atomic E-state index is -0.108. The van der Waals surface area contributed by atoms with E-state index in [1.54, 1.807) is 11.8 Å². The highest BCUT2D eigenvalue weighted by Crippen LogP contribution is 2.23. The van der Waals surface area contributed by atoms with Gasteiger partial charge < -0.3 is 5.32 Å². The van der Waals surface area contributed by atoms with Crippen LogP contribution in [0.3, 0.4) is 0 Å². The fourth-order valence-electron chi connectivity index (χ4n) is 2.84. The zero-order chi connectivity index (χ0) is 19.9. The SMILES string of the molecule is C=C(Nc1ccc(C)cc1)c1ccc(SCc2ccccc2B(C)C#N)nc1. The third-order valence-electron chi connectivity index (χ3n) is 4.52. The van der Waals surface area contributed by atoms with E-state index in [-0.39, 0.29) is 6.71 Å². The van der Waals surface area contributed by atoms with Gasteiger partial charge in [-0.15, -0.1) is 11.8 Å². The maximum absolute atomic E-state index is 9.22. The van der Waals surface area contributed by atoms with Gasteiger partial charge in [-0.25, -0.2) is 10.2 Å². The van der Waals surface area contributed by atoms with Crippen LogP contribution in [0.4, 0.5) is 5.69 Å². The zero-order valence-corrected chi connectivity index (χ0v) is 17.0. The lowest BCUT2D eigenvalue weighted by Gasteiger charge is -2.11. The molecular formula is C23H22BN3S. The molecule has 0 aliphatic heterocycles. The van der Waals surface area contributed by atoms with E-state index in [4.69, 9.17) is 0 Å². The van der Waals surface area contributed by atoms with Gasteiger partial charge in [0.25, 0.3) is 6.71 Å². The third kappa shape index (κ3) is 5.06. The molecular weight excluding hydrogens is 361 g/mol. The van der Waals surface area contributed by atoms with E-state index < -0.39 is 0 Å². The summed E-state index contributed by atoms with van der Waals surface area (Å²) in [6, 6.07) is 20.4. The average Bonchev–Trinajstić information content (AvgIpc) is 2.74. The molecule has 0 radical (unpaired) electrons. The van der Waals surface area contributed by atoms with Gasteiger partial charge in [-0.1, -0.05) is 60.8 Å². The first-order chi connectivity index (χ1) is 13.6. The summed E-state index contributed by atoms with van der Waals surface area (Å²) in [6.45, 7) is 8.01. The van der Waals surface area contributed by atoms with E-state index in [1.807, 2.05) is 55.5 Å². The first-order valence-corrected chi connectivity index (χ1v) is 10.1. The summed E-state index contributed by atoms with van der Waals surface area (Å²) in [4.78, 5) is 4.56. The molecule has 0 saturated carbocycles. The molecule has 3 nitrogen and oxygen atoms in total. The van der Waals surface area contributed by atoms with Gasteiger partial charge in [0, 0.05) is 34.9 Å². The summed E-state index contributed by atoms with van der Waals surface area (Å²) in [5.41, 5.74) is 6.29. The van der Waals surface area contributed by atoms with Crippen molar-refractivity contribution in [2.45, 2.75) is 24.5 Å². The van der Waals surface area contributed by atoms with Crippen molar-refractivity contribution < 1.29 is 0 Å². The average molecular weight is 383 g/mol. The maximum Gasteiger partial charge on any atom is 0.297 e. The Kier molecular flexibility index (Phi) is 6.57. The van der Waals surface area contributed by atoms with E-state index in [1.165, 1.54) is 11.1 Å². The molecule has 1 heterocycles. The topological polar surface area (TPSA) is 48.7 Å². The van der Waals surface area contributed by atoms with Crippen molar-refractivity contribution in [1.29, 1.82) is 5.26 Å². The number of nitrogens with one attached hydrogen (secondary N) is 1. The summed E-state index contributed by atoms with van der Waals surface area (Å²) in [6.07, 6.45) is 1.84. The van der Waals surface area contributed by atoms with Crippen molar-refractivity contribution in [1.82, 2.24) is 4.98 Å². The van der Waals surface area contributed by atoms with E-state index in [0.717, 1.165) is 33.2 Å². The number of pyridine rings is 1. The Hall–Kier alpha value is -2.97. The summed E-state index contributed by atoms with van der Waals surface area (Å²) >= 11 is 1.67. The zero-order valence-electron chi connectivity index (χ0n) is 16.1. The number of hydrogen-bond donors (Lipinski definition) is 1. The molecule has 0 fully saturated rings. The van der Waals surface area contributed by atoms with Crippen LogP contribution in [0.15, 0.2) is 78.5 Å². The number of thioether (sulfide) groups is 1. The number of rotatable bonds is 7. The van der Waals surface area contributed by atoms with Crippen molar-refractivity contribution in [2.24, 2.45) is 0 Å². The van der Waals surface area contributed by atoms with Gasteiger partial charge in [-0.2, -0.15) is 0 Å². The van der Waals surface area contributed by atoms with E-state index in [0.29, 0.717) is 0 Å². The van der Waals surface area contributed by atoms with Crippen molar-refractivity contribution in [3.05, 3.63) is 90.1 Å². The molecule has 5 heteroatoms. The predicted molar refractivity (Wildman–Crippen MR) is 121 cm³/mol. The van der Waals surface area contributed by atoms with Crippen LogP contribution in [0, 0.1) is 18.2 Å². The Morgan fingerprint density at radius 1 is 1.14 bits per heavy atom. The van der Waals surface area contributed by atoms with E-state index in [2.05, 4.69) is 48.0 Å². The third-order valence-corrected chi connectivity index (χ3v) is 5.52. The van der Waals surface area contributed by atoms with Crippen LogP contribution in [0.2, 0.25) is 6.82 Å². The molecule has 0 unspecified atom stereocenters. The first kappa shape index (κ1) is 19.8. The molecule has 0 atom stereocenters. The lowest BCUT2D eigenvalue weighted by atomic mass is 9.48. The molecule has 0 amide bonds. The van der Waals surface area contributed by atoms with Crippen LogP contribution in [0.5, 0.6) is 0 Å². The minimum Gasteiger partial charge on any atom is -0.355 e. The predicted octanol–water partition coefficient (Wildman–Crippen LogP) is 5.16. The monoisotopic (exact) mass is 383 g/mol. The van der Waals surface area contributed by atoms with Gasteiger partial charge in [0.2, 0.25) is 0 Å². The standard InChI is InChI=1S/C23H22BN3S/c1-17-8-11-21(12-9-17)27-18(2)19-10-13-23(26-14-19)28-15-20-6-4-5-7-22(20)24(3)16-25/h4-14,27H,2,15H2,1,3H3. The molecule has 3 aromatic rings. The van der Waals surface area contributed by atoms with Crippen molar-refractivity contribution in [3.63, 3.8) is 0 Å². The highest BCUT2D eigenvalue weighted by molar-refractivity contribution is 7.98. The maximum atomic E-state index is 9.22. The van der Waals surface area contributed by atoms with Crippen molar-refractivity contribution in [2.75, 3.05) is 5.32 Å². The van der Waals surface area contributed by atoms with Crippen molar-refractivity contribution >= 4 is 35.3 Å². The molecule has 0 saturated heterocycles. The number of aromatic nitrogens is 1. The normalized spacial score (nSPS) is 10.2. The van der Waals surface area contributed by atoms with Crippen LogP contribution >= 0.6 is 11.8 Å². The second kappa shape index (κ2) is 9.30. The Morgan fingerprint density at radius 3 is 2.57 bits per heavy atom. The first-order valence-electron chi connectivity index (χ1n) is 9.16. The fraction of sp³-hybridized carbons (Fsp3) is 0.130. The van der Waals surface area contributed by atoms with Gasteiger partial charge in [-0.3, -0.25) is 0 Å². The lowest BCUT2D eigenvalue weighted by Crippen LogP contribution is -2.28. The smallest absolute Gasteiger partial charge is 0.297 e. The number of nitriles is 1.